The number of amides is 2. The molecule has 2 heterocycles. The molecule has 0 radical (unpaired) electrons. The van der Waals surface area contributed by atoms with E-state index in [1.54, 1.807) is 12.0 Å². The monoisotopic (exact) mass is 379 g/mol. The Labute approximate surface area is 165 Å². The van der Waals surface area contributed by atoms with Crippen molar-refractivity contribution in [2.45, 2.75) is 6.42 Å². The van der Waals surface area contributed by atoms with Crippen LogP contribution in [0.2, 0.25) is 0 Å². The number of hydrogen-bond donors (Lipinski definition) is 0. The van der Waals surface area contributed by atoms with Gasteiger partial charge in [-0.2, -0.15) is 0 Å². The predicted molar refractivity (Wildman–Crippen MR) is 109 cm³/mol. The number of benzene rings is 2. The molecule has 0 spiro atoms. The Morgan fingerprint density at radius 3 is 2.39 bits per heavy atom. The molecule has 2 saturated heterocycles. The van der Waals surface area contributed by atoms with E-state index in [0.29, 0.717) is 25.4 Å². The van der Waals surface area contributed by atoms with Crippen molar-refractivity contribution in [1.29, 1.82) is 0 Å². The number of nitrogens with zero attached hydrogens (tertiary/aromatic N) is 3. The number of carbonyl (C=O) groups excluding carboxylic acids is 2. The molecule has 2 fully saturated rings. The van der Waals surface area contributed by atoms with Gasteiger partial charge in [-0.15, -0.1) is 0 Å². The number of para-hydroxylation sites is 1. The van der Waals surface area contributed by atoms with Gasteiger partial charge in [0.25, 0.3) is 0 Å². The van der Waals surface area contributed by atoms with E-state index in [1.807, 2.05) is 47.4 Å². The summed E-state index contributed by atoms with van der Waals surface area (Å²) in [5.74, 6) is 0.514. The first-order valence-corrected chi connectivity index (χ1v) is 9.69. The third kappa shape index (κ3) is 3.67. The van der Waals surface area contributed by atoms with Gasteiger partial charge in [-0.05, 0) is 24.3 Å². The molecular weight excluding hydrogens is 354 g/mol. The number of hydrogen-bond acceptors (Lipinski definition) is 4. The summed E-state index contributed by atoms with van der Waals surface area (Å²) in [7, 11) is 1.60. The Kier molecular flexibility index (Phi) is 5.19. The number of anilines is 2. The Morgan fingerprint density at radius 1 is 0.964 bits per heavy atom. The molecule has 2 amide bonds. The fraction of sp³-hybridized carbons (Fsp3) is 0.364. The van der Waals surface area contributed by atoms with E-state index >= 15 is 0 Å². The van der Waals surface area contributed by atoms with E-state index in [2.05, 4.69) is 17.0 Å². The van der Waals surface area contributed by atoms with Crippen molar-refractivity contribution in [2.75, 3.05) is 49.6 Å². The number of rotatable bonds is 4. The summed E-state index contributed by atoms with van der Waals surface area (Å²) < 4.78 is 5.25. The zero-order valence-corrected chi connectivity index (χ0v) is 16.1. The highest BCUT2D eigenvalue weighted by Gasteiger charge is 2.38. The van der Waals surface area contributed by atoms with Gasteiger partial charge in [0, 0.05) is 56.6 Å². The zero-order valence-electron chi connectivity index (χ0n) is 16.1. The molecule has 2 aliphatic rings. The van der Waals surface area contributed by atoms with Gasteiger partial charge in [0.2, 0.25) is 11.8 Å². The number of methoxy groups -OCH3 is 1. The number of piperazine rings is 1. The van der Waals surface area contributed by atoms with Crippen LogP contribution in [0.1, 0.15) is 6.42 Å². The molecule has 0 bridgehead atoms. The summed E-state index contributed by atoms with van der Waals surface area (Å²) in [5, 5.41) is 0. The van der Waals surface area contributed by atoms with Crippen LogP contribution in [0.25, 0.3) is 0 Å². The lowest BCUT2D eigenvalue weighted by atomic mass is 10.1. The summed E-state index contributed by atoms with van der Waals surface area (Å²) in [6.45, 7) is 3.45. The zero-order chi connectivity index (χ0) is 19.5. The molecule has 2 aromatic carbocycles. The highest BCUT2D eigenvalue weighted by Crippen LogP contribution is 2.29. The standard InChI is InChI=1S/C22H25N3O3/c1-28-20-9-5-8-19(15-20)25-16-17(14-21(25)26)22(27)24-12-10-23(11-13-24)18-6-3-2-4-7-18/h2-9,15,17H,10-14,16H2,1H3/t17-/m0/s1. The molecule has 4 rings (SSSR count). The van der Waals surface area contributed by atoms with Crippen LogP contribution in [0.3, 0.4) is 0 Å². The first-order chi connectivity index (χ1) is 13.7. The summed E-state index contributed by atoms with van der Waals surface area (Å²) in [6.07, 6.45) is 0.273. The summed E-state index contributed by atoms with van der Waals surface area (Å²) in [4.78, 5) is 31.4. The second kappa shape index (κ2) is 7.92. The summed E-state index contributed by atoms with van der Waals surface area (Å²) in [6, 6.07) is 17.7. The van der Waals surface area contributed by atoms with Gasteiger partial charge in [-0.1, -0.05) is 24.3 Å². The maximum atomic E-state index is 13.0. The average molecular weight is 379 g/mol. The first-order valence-electron chi connectivity index (χ1n) is 9.69. The van der Waals surface area contributed by atoms with E-state index in [-0.39, 0.29) is 24.2 Å². The van der Waals surface area contributed by atoms with Crippen molar-refractivity contribution < 1.29 is 14.3 Å². The molecular formula is C22H25N3O3. The highest BCUT2D eigenvalue weighted by atomic mass is 16.5. The lowest BCUT2D eigenvalue weighted by Gasteiger charge is -2.37. The maximum Gasteiger partial charge on any atom is 0.228 e. The number of carbonyl (C=O) groups is 2. The summed E-state index contributed by atoms with van der Waals surface area (Å²) in [5.41, 5.74) is 1.98. The quantitative estimate of drug-likeness (QED) is 0.819. The predicted octanol–water partition coefficient (Wildman–Crippen LogP) is 2.40. The van der Waals surface area contributed by atoms with Crippen LogP contribution >= 0.6 is 0 Å². The molecule has 2 aromatic rings. The molecule has 0 aromatic heterocycles. The van der Waals surface area contributed by atoms with Crippen LogP contribution in [-0.2, 0) is 9.59 Å². The van der Waals surface area contributed by atoms with Crippen molar-refractivity contribution in [3.05, 3.63) is 54.6 Å². The van der Waals surface area contributed by atoms with Crippen LogP contribution in [0, 0.1) is 5.92 Å². The van der Waals surface area contributed by atoms with Crippen molar-refractivity contribution >= 4 is 23.2 Å². The van der Waals surface area contributed by atoms with Gasteiger partial charge in [0.05, 0.1) is 13.0 Å². The maximum absolute atomic E-state index is 13.0. The van der Waals surface area contributed by atoms with E-state index in [4.69, 9.17) is 4.74 Å². The molecule has 0 N–H and O–H groups in total. The van der Waals surface area contributed by atoms with Gasteiger partial charge in [0.1, 0.15) is 5.75 Å². The third-order valence-corrected chi connectivity index (χ3v) is 5.55. The molecule has 0 unspecified atom stereocenters. The van der Waals surface area contributed by atoms with Crippen molar-refractivity contribution in [3.8, 4) is 5.75 Å². The van der Waals surface area contributed by atoms with Crippen molar-refractivity contribution in [1.82, 2.24) is 4.90 Å². The van der Waals surface area contributed by atoms with Crippen molar-refractivity contribution in [2.24, 2.45) is 5.92 Å². The first kappa shape index (κ1) is 18.3. The Morgan fingerprint density at radius 2 is 1.68 bits per heavy atom. The molecule has 146 valence electrons. The minimum atomic E-state index is -0.276. The fourth-order valence-electron chi connectivity index (χ4n) is 3.98. The van der Waals surface area contributed by atoms with E-state index in [1.165, 1.54) is 5.69 Å². The third-order valence-electron chi connectivity index (χ3n) is 5.55. The van der Waals surface area contributed by atoms with Crippen LogP contribution < -0.4 is 14.5 Å². The average Bonchev–Trinajstić information content (AvgIpc) is 3.15. The fourth-order valence-corrected chi connectivity index (χ4v) is 3.98. The van der Waals surface area contributed by atoms with Crippen LogP contribution in [0.5, 0.6) is 5.75 Å². The van der Waals surface area contributed by atoms with E-state index < -0.39 is 0 Å². The highest BCUT2D eigenvalue weighted by molar-refractivity contribution is 6.00. The largest absolute Gasteiger partial charge is 0.497 e. The van der Waals surface area contributed by atoms with E-state index in [0.717, 1.165) is 18.8 Å². The summed E-state index contributed by atoms with van der Waals surface area (Å²) >= 11 is 0. The molecule has 1 atom stereocenters. The van der Waals surface area contributed by atoms with Crippen LogP contribution in [0.15, 0.2) is 54.6 Å². The molecule has 0 aliphatic carbocycles. The second-order valence-corrected chi connectivity index (χ2v) is 7.25. The van der Waals surface area contributed by atoms with Gasteiger partial charge >= 0.3 is 0 Å². The lowest BCUT2D eigenvalue weighted by Crippen LogP contribution is -2.50. The van der Waals surface area contributed by atoms with E-state index in [9.17, 15) is 9.59 Å². The smallest absolute Gasteiger partial charge is 0.228 e. The molecule has 6 nitrogen and oxygen atoms in total. The van der Waals surface area contributed by atoms with Crippen LogP contribution in [0.4, 0.5) is 11.4 Å². The molecule has 0 saturated carbocycles. The number of ether oxygens (including phenoxy) is 1. The Balaban J connectivity index is 1.37. The van der Waals surface area contributed by atoms with Crippen molar-refractivity contribution in [3.63, 3.8) is 0 Å². The normalized spacial score (nSPS) is 19.8. The minimum absolute atomic E-state index is 0.00507. The van der Waals surface area contributed by atoms with Gasteiger partial charge < -0.3 is 19.4 Å². The molecule has 28 heavy (non-hydrogen) atoms. The van der Waals surface area contributed by atoms with Gasteiger partial charge in [-0.25, -0.2) is 0 Å². The topological polar surface area (TPSA) is 53.1 Å². The molecule has 2 aliphatic heterocycles. The Bertz CT molecular complexity index is 847. The minimum Gasteiger partial charge on any atom is -0.497 e. The Hall–Kier alpha value is -3.02. The van der Waals surface area contributed by atoms with Crippen LogP contribution in [-0.4, -0.2) is 56.5 Å². The SMILES string of the molecule is COc1cccc(N2C[C@@H](C(=O)N3CCN(c4ccccc4)CC3)CC2=O)c1. The molecule has 6 heteroatoms. The van der Waals surface area contributed by atoms with Gasteiger partial charge in [-0.3, -0.25) is 9.59 Å². The van der Waals surface area contributed by atoms with Gasteiger partial charge in [0.15, 0.2) is 0 Å². The second-order valence-electron chi connectivity index (χ2n) is 7.25. The lowest BCUT2D eigenvalue weighted by molar-refractivity contribution is -0.136.